The molecule has 1 atom stereocenters. The van der Waals surface area contributed by atoms with Gasteiger partial charge in [-0.25, -0.2) is 0 Å². The van der Waals surface area contributed by atoms with Gasteiger partial charge >= 0.3 is 0 Å². The van der Waals surface area contributed by atoms with E-state index in [9.17, 15) is 0 Å². The van der Waals surface area contributed by atoms with Crippen molar-refractivity contribution in [1.82, 2.24) is 4.98 Å². The molecule has 0 radical (unpaired) electrons. The lowest BCUT2D eigenvalue weighted by atomic mass is 10.2. The quantitative estimate of drug-likeness (QED) is 0.762. The highest BCUT2D eigenvalue weighted by molar-refractivity contribution is 5.40. The molecule has 1 heterocycles. The van der Waals surface area contributed by atoms with Crippen molar-refractivity contribution in [2.45, 2.75) is 26.3 Å². The van der Waals surface area contributed by atoms with Crippen LogP contribution in [0.2, 0.25) is 0 Å². The third-order valence-electron chi connectivity index (χ3n) is 2.41. The standard InChI is InChI=1S/C12H17N3O/c1-4-16-12-7-5-6-11(14-12)15(3)10(2)8-9-13/h5-7,10H,4,8H2,1-3H3. The highest BCUT2D eigenvalue weighted by atomic mass is 16.5. The number of aromatic nitrogens is 1. The first kappa shape index (κ1) is 12.3. The lowest BCUT2D eigenvalue weighted by Crippen LogP contribution is -2.29. The molecule has 1 aromatic rings. The Labute approximate surface area is 96.5 Å². The molecule has 0 spiro atoms. The van der Waals surface area contributed by atoms with Crippen LogP contribution < -0.4 is 9.64 Å². The molecule has 0 fully saturated rings. The van der Waals surface area contributed by atoms with Crippen molar-refractivity contribution < 1.29 is 4.74 Å². The van der Waals surface area contributed by atoms with E-state index in [1.54, 1.807) is 0 Å². The summed E-state index contributed by atoms with van der Waals surface area (Å²) in [6.45, 7) is 4.53. The lowest BCUT2D eigenvalue weighted by molar-refractivity contribution is 0.327. The van der Waals surface area contributed by atoms with Crippen LogP contribution in [0.4, 0.5) is 5.82 Å². The maximum atomic E-state index is 8.65. The zero-order chi connectivity index (χ0) is 12.0. The Balaban J connectivity index is 2.79. The van der Waals surface area contributed by atoms with Crippen LogP contribution in [0.15, 0.2) is 18.2 Å². The second-order valence-electron chi connectivity index (χ2n) is 3.59. The Morgan fingerprint density at radius 2 is 2.31 bits per heavy atom. The molecule has 1 rings (SSSR count). The summed E-state index contributed by atoms with van der Waals surface area (Å²) < 4.78 is 5.33. The van der Waals surface area contributed by atoms with E-state index >= 15 is 0 Å². The van der Waals surface area contributed by atoms with E-state index in [1.807, 2.05) is 44.0 Å². The summed E-state index contributed by atoms with van der Waals surface area (Å²) in [6.07, 6.45) is 0.483. The van der Waals surface area contributed by atoms with Crippen LogP contribution in [-0.2, 0) is 0 Å². The maximum Gasteiger partial charge on any atom is 0.215 e. The number of rotatable bonds is 5. The minimum absolute atomic E-state index is 0.148. The molecule has 0 aliphatic carbocycles. The van der Waals surface area contributed by atoms with Gasteiger partial charge in [0.2, 0.25) is 5.88 Å². The van der Waals surface area contributed by atoms with E-state index < -0.39 is 0 Å². The first-order valence-electron chi connectivity index (χ1n) is 5.38. The topological polar surface area (TPSA) is 49.1 Å². The number of anilines is 1. The summed E-state index contributed by atoms with van der Waals surface area (Å²) in [7, 11) is 1.93. The molecule has 0 aromatic carbocycles. The summed E-state index contributed by atoms with van der Waals surface area (Å²) >= 11 is 0. The summed E-state index contributed by atoms with van der Waals surface area (Å²) in [5.41, 5.74) is 0. The molecule has 0 amide bonds. The normalized spacial score (nSPS) is 11.6. The predicted octanol–water partition coefficient (Wildman–Crippen LogP) is 2.22. The van der Waals surface area contributed by atoms with Crippen molar-refractivity contribution in [3.8, 4) is 11.9 Å². The molecule has 0 bridgehead atoms. The third kappa shape index (κ3) is 3.13. The number of ether oxygens (including phenoxy) is 1. The molecular weight excluding hydrogens is 202 g/mol. The van der Waals surface area contributed by atoms with Crippen molar-refractivity contribution in [2.75, 3.05) is 18.6 Å². The molecule has 0 saturated carbocycles. The third-order valence-corrected chi connectivity index (χ3v) is 2.41. The molecule has 1 unspecified atom stereocenters. The summed E-state index contributed by atoms with van der Waals surface area (Å²) in [4.78, 5) is 6.34. The fraction of sp³-hybridized carbons (Fsp3) is 0.500. The summed E-state index contributed by atoms with van der Waals surface area (Å²) in [5.74, 6) is 1.45. The first-order valence-corrected chi connectivity index (χ1v) is 5.38. The van der Waals surface area contributed by atoms with Crippen LogP contribution in [0, 0.1) is 11.3 Å². The molecule has 1 aromatic heterocycles. The molecule has 0 saturated heterocycles. The van der Waals surface area contributed by atoms with Crippen LogP contribution in [-0.4, -0.2) is 24.7 Å². The Bertz CT molecular complexity index is 373. The van der Waals surface area contributed by atoms with E-state index in [0.29, 0.717) is 18.9 Å². The van der Waals surface area contributed by atoms with Crippen molar-refractivity contribution in [1.29, 1.82) is 5.26 Å². The predicted molar refractivity (Wildman–Crippen MR) is 63.5 cm³/mol. The lowest BCUT2D eigenvalue weighted by Gasteiger charge is -2.24. The van der Waals surface area contributed by atoms with Crippen molar-refractivity contribution in [3.63, 3.8) is 0 Å². The van der Waals surface area contributed by atoms with Crippen LogP contribution in [0.3, 0.4) is 0 Å². The van der Waals surface area contributed by atoms with Gasteiger partial charge in [0, 0.05) is 19.2 Å². The zero-order valence-corrected chi connectivity index (χ0v) is 9.97. The molecule has 0 aliphatic rings. The van der Waals surface area contributed by atoms with Gasteiger partial charge in [-0.05, 0) is 19.9 Å². The Hall–Kier alpha value is -1.76. The van der Waals surface area contributed by atoms with E-state index in [-0.39, 0.29) is 6.04 Å². The fourth-order valence-corrected chi connectivity index (χ4v) is 1.32. The fourth-order valence-electron chi connectivity index (χ4n) is 1.32. The Kier molecular flexibility index (Phi) is 4.59. The molecule has 0 aliphatic heterocycles. The van der Waals surface area contributed by atoms with Crippen LogP contribution in [0.5, 0.6) is 5.88 Å². The summed E-state index contributed by atoms with van der Waals surface area (Å²) in [5, 5.41) is 8.65. The van der Waals surface area contributed by atoms with Gasteiger partial charge in [-0.1, -0.05) is 6.07 Å². The largest absolute Gasteiger partial charge is 0.478 e. The van der Waals surface area contributed by atoms with Crippen LogP contribution in [0.1, 0.15) is 20.3 Å². The van der Waals surface area contributed by atoms with Crippen molar-refractivity contribution >= 4 is 5.82 Å². The second kappa shape index (κ2) is 5.96. The van der Waals surface area contributed by atoms with Gasteiger partial charge < -0.3 is 9.64 Å². The SMILES string of the molecule is CCOc1cccc(N(C)C(C)CC#N)n1. The first-order chi connectivity index (χ1) is 7.69. The Morgan fingerprint density at radius 1 is 1.56 bits per heavy atom. The van der Waals surface area contributed by atoms with Gasteiger partial charge in [0.1, 0.15) is 5.82 Å². The maximum absolute atomic E-state index is 8.65. The number of hydrogen-bond donors (Lipinski definition) is 0. The van der Waals surface area contributed by atoms with Crippen molar-refractivity contribution in [2.24, 2.45) is 0 Å². The molecular formula is C12H17N3O. The molecule has 0 N–H and O–H groups in total. The van der Waals surface area contributed by atoms with Gasteiger partial charge in [0.15, 0.2) is 0 Å². The van der Waals surface area contributed by atoms with Crippen LogP contribution in [0.25, 0.3) is 0 Å². The highest BCUT2D eigenvalue weighted by Gasteiger charge is 2.11. The number of hydrogen-bond acceptors (Lipinski definition) is 4. The second-order valence-corrected chi connectivity index (χ2v) is 3.59. The minimum Gasteiger partial charge on any atom is -0.478 e. The van der Waals surface area contributed by atoms with Crippen LogP contribution >= 0.6 is 0 Å². The molecule has 4 heteroatoms. The van der Waals surface area contributed by atoms with E-state index in [1.165, 1.54) is 0 Å². The zero-order valence-electron chi connectivity index (χ0n) is 9.97. The van der Waals surface area contributed by atoms with Gasteiger partial charge in [0.05, 0.1) is 19.1 Å². The average Bonchev–Trinajstić information content (AvgIpc) is 2.29. The van der Waals surface area contributed by atoms with Gasteiger partial charge in [-0.2, -0.15) is 10.2 Å². The van der Waals surface area contributed by atoms with E-state index in [0.717, 1.165) is 5.82 Å². The Morgan fingerprint density at radius 3 is 2.94 bits per heavy atom. The smallest absolute Gasteiger partial charge is 0.215 e. The van der Waals surface area contributed by atoms with Crippen molar-refractivity contribution in [3.05, 3.63) is 18.2 Å². The van der Waals surface area contributed by atoms with E-state index in [2.05, 4.69) is 11.1 Å². The number of nitriles is 1. The van der Waals surface area contributed by atoms with Gasteiger partial charge in [-0.15, -0.1) is 0 Å². The monoisotopic (exact) mass is 219 g/mol. The summed E-state index contributed by atoms with van der Waals surface area (Å²) in [6, 6.07) is 7.95. The molecule has 86 valence electrons. The average molecular weight is 219 g/mol. The minimum atomic E-state index is 0.148. The van der Waals surface area contributed by atoms with E-state index in [4.69, 9.17) is 10.00 Å². The molecule has 4 nitrogen and oxygen atoms in total. The molecule has 16 heavy (non-hydrogen) atoms. The number of nitrogens with zero attached hydrogens (tertiary/aromatic N) is 3. The highest BCUT2D eigenvalue weighted by Crippen LogP contribution is 2.17. The van der Waals surface area contributed by atoms with Gasteiger partial charge in [0.25, 0.3) is 0 Å². The number of pyridine rings is 1. The van der Waals surface area contributed by atoms with Gasteiger partial charge in [-0.3, -0.25) is 0 Å².